The molecule has 0 aromatic carbocycles. The molecule has 1 atom stereocenters. The summed E-state index contributed by atoms with van der Waals surface area (Å²) in [5.41, 5.74) is 0. The predicted octanol–water partition coefficient (Wildman–Crippen LogP) is 2.60. The summed E-state index contributed by atoms with van der Waals surface area (Å²) < 4.78 is 5.27. The maximum Gasteiger partial charge on any atom is 0.224 e. The summed E-state index contributed by atoms with van der Waals surface area (Å²) >= 11 is 0. The van der Waals surface area contributed by atoms with E-state index in [0.717, 1.165) is 31.8 Å². The van der Waals surface area contributed by atoms with Crippen LogP contribution in [0.4, 0.5) is 0 Å². The summed E-state index contributed by atoms with van der Waals surface area (Å²) in [6.07, 6.45) is 4.49. The van der Waals surface area contributed by atoms with E-state index in [1.807, 2.05) is 24.0 Å². The van der Waals surface area contributed by atoms with Crippen LogP contribution in [-0.4, -0.2) is 42.9 Å². The van der Waals surface area contributed by atoms with E-state index in [9.17, 15) is 4.79 Å². The van der Waals surface area contributed by atoms with E-state index in [0.29, 0.717) is 31.4 Å². The number of nitrogens with zero attached hydrogens (tertiary/aromatic N) is 2. The molecular weight excluding hydrogens is 419 g/mol. The summed E-state index contributed by atoms with van der Waals surface area (Å²) in [5.74, 6) is 2.38. The van der Waals surface area contributed by atoms with Gasteiger partial charge in [-0.1, -0.05) is 6.92 Å². The van der Waals surface area contributed by atoms with Crippen LogP contribution in [0.25, 0.3) is 0 Å². The van der Waals surface area contributed by atoms with E-state index in [-0.39, 0.29) is 29.9 Å². The summed E-state index contributed by atoms with van der Waals surface area (Å²) in [5, 5.41) is 6.39. The average Bonchev–Trinajstić information content (AvgIpc) is 3.06. The lowest BCUT2D eigenvalue weighted by Crippen LogP contribution is -2.42. The third kappa shape index (κ3) is 7.11. The Hall–Kier alpha value is -1.25. The summed E-state index contributed by atoms with van der Waals surface area (Å²) in [4.78, 5) is 18.7. The molecule has 2 rings (SSSR count). The van der Waals surface area contributed by atoms with Crippen molar-refractivity contribution in [3.05, 3.63) is 24.2 Å². The lowest BCUT2D eigenvalue weighted by molar-refractivity contribution is -0.132. The zero-order valence-electron chi connectivity index (χ0n) is 14.6. The lowest BCUT2D eigenvalue weighted by atomic mass is 10.00. The molecule has 0 saturated carbocycles. The fourth-order valence-corrected chi connectivity index (χ4v) is 2.76. The molecule has 1 aromatic heterocycles. The Labute approximate surface area is 161 Å². The fraction of sp³-hybridized carbons (Fsp3) is 0.647. The number of aliphatic imine (C=N–C) groups is 1. The van der Waals surface area contributed by atoms with Crippen LogP contribution in [0, 0.1) is 5.92 Å². The second kappa shape index (κ2) is 11.3. The van der Waals surface area contributed by atoms with Gasteiger partial charge in [0.1, 0.15) is 12.3 Å². The number of piperidine rings is 1. The van der Waals surface area contributed by atoms with Gasteiger partial charge >= 0.3 is 0 Å². The molecule has 6 nitrogen and oxygen atoms in total. The summed E-state index contributed by atoms with van der Waals surface area (Å²) in [7, 11) is 0. The molecular formula is C17H29IN4O2. The highest BCUT2D eigenvalue weighted by Crippen LogP contribution is 2.15. The third-order valence-corrected chi connectivity index (χ3v) is 3.96. The Balaban J connectivity index is 0.00000288. The number of guanidine groups is 1. The molecule has 0 aliphatic carbocycles. The van der Waals surface area contributed by atoms with Crippen molar-refractivity contribution in [2.75, 3.05) is 26.2 Å². The highest BCUT2D eigenvalue weighted by molar-refractivity contribution is 14.0. The Bertz CT molecular complexity index is 505. The first kappa shape index (κ1) is 20.8. The van der Waals surface area contributed by atoms with Crippen LogP contribution in [0.3, 0.4) is 0 Å². The number of carbonyl (C=O) groups is 1. The molecule has 7 heteroatoms. The van der Waals surface area contributed by atoms with Gasteiger partial charge in [-0.2, -0.15) is 0 Å². The summed E-state index contributed by atoms with van der Waals surface area (Å²) in [6.45, 7) is 7.88. The second-order valence-corrected chi connectivity index (χ2v) is 6.04. The predicted molar refractivity (Wildman–Crippen MR) is 107 cm³/mol. The van der Waals surface area contributed by atoms with Crippen LogP contribution < -0.4 is 10.6 Å². The molecule has 1 aromatic rings. The van der Waals surface area contributed by atoms with Crippen LogP contribution in [0.1, 0.15) is 38.9 Å². The van der Waals surface area contributed by atoms with Crippen LogP contribution >= 0.6 is 24.0 Å². The number of rotatable bonds is 6. The minimum Gasteiger partial charge on any atom is -0.467 e. The van der Waals surface area contributed by atoms with Gasteiger partial charge in [0.15, 0.2) is 5.96 Å². The molecule has 1 aliphatic heterocycles. The van der Waals surface area contributed by atoms with Crippen molar-refractivity contribution in [1.82, 2.24) is 15.5 Å². The van der Waals surface area contributed by atoms with Crippen LogP contribution in [0.5, 0.6) is 0 Å². The Morgan fingerprint density at radius 3 is 2.96 bits per heavy atom. The van der Waals surface area contributed by atoms with Crippen LogP contribution in [-0.2, 0) is 11.3 Å². The van der Waals surface area contributed by atoms with Gasteiger partial charge in [0, 0.05) is 32.6 Å². The number of hydrogen-bond donors (Lipinski definition) is 2. The van der Waals surface area contributed by atoms with Gasteiger partial charge in [-0.3, -0.25) is 4.79 Å². The number of likely N-dealkylation sites (tertiary alicyclic amines) is 1. The SMILES string of the molecule is CCNC(=NCc1ccco1)NCCC(=O)N1CCCC(C)C1.I. The molecule has 1 fully saturated rings. The van der Waals surface area contributed by atoms with Crippen molar-refractivity contribution in [3.63, 3.8) is 0 Å². The van der Waals surface area contributed by atoms with Gasteiger partial charge in [-0.25, -0.2) is 4.99 Å². The maximum atomic E-state index is 12.2. The third-order valence-electron chi connectivity index (χ3n) is 3.96. The standard InChI is InChI=1S/C17H28N4O2.HI/c1-3-18-17(20-12-15-7-5-11-23-15)19-9-8-16(22)21-10-4-6-14(2)13-21;/h5,7,11,14H,3-4,6,8-10,12-13H2,1-2H3,(H2,18,19,20);1H. The Kier molecular flexibility index (Phi) is 9.82. The van der Waals surface area contributed by atoms with Crippen molar-refractivity contribution in [2.24, 2.45) is 10.9 Å². The van der Waals surface area contributed by atoms with Gasteiger partial charge in [0.25, 0.3) is 0 Å². The second-order valence-electron chi connectivity index (χ2n) is 6.04. The fourth-order valence-electron chi connectivity index (χ4n) is 2.76. The first-order valence-electron chi connectivity index (χ1n) is 8.51. The van der Waals surface area contributed by atoms with Gasteiger partial charge in [-0.05, 0) is 37.8 Å². The molecule has 2 N–H and O–H groups in total. The quantitative estimate of drug-likeness (QED) is 0.399. The van der Waals surface area contributed by atoms with E-state index < -0.39 is 0 Å². The van der Waals surface area contributed by atoms with Crippen molar-refractivity contribution in [3.8, 4) is 0 Å². The molecule has 24 heavy (non-hydrogen) atoms. The average molecular weight is 448 g/mol. The first-order chi connectivity index (χ1) is 11.2. The molecule has 1 unspecified atom stereocenters. The molecule has 0 bridgehead atoms. The number of nitrogens with one attached hydrogen (secondary N) is 2. The van der Waals surface area contributed by atoms with Gasteiger partial charge in [0.2, 0.25) is 5.91 Å². The van der Waals surface area contributed by atoms with E-state index >= 15 is 0 Å². The largest absolute Gasteiger partial charge is 0.467 e. The van der Waals surface area contributed by atoms with E-state index in [2.05, 4.69) is 22.5 Å². The van der Waals surface area contributed by atoms with Gasteiger partial charge in [-0.15, -0.1) is 24.0 Å². The zero-order chi connectivity index (χ0) is 16.5. The first-order valence-corrected chi connectivity index (χ1v) is 8.51. The number of amides is 1. The molecule has 0 spiro atoms. The van der Waals surface area contributed by atoms with Gasteiger partial charge < -0.3 is 20.0 Å². The highest BCUT2D eigenvalue weighted by atomic mass is 127. The monoisotopic (exact) mass is 448 g/mol. The van der Waals surface area contributed by atoms with Crippen molar-refractivity contribution >= 4 is 35.8 Å². The highest BCUT2D eigenvalue weighted by Gasteiger charge is 2.20. The molecule has 1 amide bonds. The molecule has 136 valence electrons. The number of hydrogen-bond acceptors (Lipinski definition) is 3. The minimum atomic E-state index is 0. The van der Waals surface area contributed by atoms with E-state index in [4.69, 9.17) is 4.42 Å². The maximum absolute atomic E-state index is 12.2. The topological polar surface area (TPSA) is 69.9 Å². The smallest absolute Gasteiger partial charge is 0.224 e. The number of halogens is 1. The number of furan rings is 1. The van der Waals surface area contributed by atoms with Crippen molar-refractivity contribution in [1.29, 1.82) is 0 Å². The Morgan fingerprint density at radius 2 is 2.29 bits per heavy atom. The summed E-state index contributed by atoms with van der Waals surface area (Å²) in [6, 6.07) is 3.75. The van der Waals surface area contributed by atoms with Gasteiger partial charge in [0.05, 0.1) is 6.26 Å². The van der Waals surface area contributed by atoms with Crippen LogP contribution in [0.15, 0.2) is 27.8 Å². The minimum absolute atomic E-state index is 0. The van der Waals surface area contributed by atoms with E-state index in [1.165, 1.54) is 6.42 Å². The molecule has 2 heterocycles. The van der Waals surface area contributed by atoms with Crippen molar-refractivity contribution < 1.29 is 9.21 Å². The van der Waals surface area contributed by atoms with Crippen LogP contribution in [0.2, 0.25) is 0 Å². The molecule has 1 aliphatic rings. The number of carbonyl (C=O) groups excluding carboxylic acids is 1. The normalized spacial score (nSPS) is 18.0. The zero-order valence-corrected chi connectivity index (χ0v) is 16.9. The molecule has 0 radical (unpaired) electrons. The lowest BCUT2D eigenvalue weighted by Gasteiger charge is -2.31. The molecule has 1 saturated heterocycles. The van der Waals surface area contributed by atoms with Crippen molar-refractivity contribution in [2.45, 2.75) is 39.7 Å². The van der Waals surface area contributed by atoms with E-state index in [1.54, 1.807) is 6.26 Å². The Morgan fingerprint density at radius 1 is 1.46 bits per heavy atom.